The minimum atomic E-state index is -1.93. The fraction of sp³-hybridized carbons (Fsp3) is 0.368. The molecule has 0 amide bonds. The van der Waals surface area contributed by atoms with Gasteiger partial charge in [0.2, 0.25) is 5.16 Å². The van der Waals surface area contributed by atoms with Crippen LogP contribution in [0.15, 0.2) is 34.3 Å². The number of hydrogen-bond acceptors (Lipinski definition) is 7. The van der Waals surface area contributed by atoms with Crippen LogP contribution in [0.25, 0.3) is 11.2 Å². The number of halogens is 2. The Bertz CT molecular complexity index is 1140. The molecule has 30 heavy (non-hydrogen) atoms. The molecule has 160 valence electrons. The lowest BCUT2D eigenvalue weighted by Crippen LogP contribution is -2.27. The van der Waals surface area contributed by atoms with Crippen molar-refractivity contribution in [1.82, 2.24) is 19.9 Å². The van der Waals surface area contributed by atoms with E-state index >= 15 is 0 Å². The van der Waals surface area contributed by atoms with Crippen molar-refractivity contribution in [2.24, 2.45) is 5.92 Å². The van der Waals surface area contributed by atoms with Gasteiger partial charge in [-0.15, -0.1) is 0 Å². The van der Waals surface area contributed by atoms with Crippen molar-refractivity contribution in [2.45, 2.75) is 37.2 Å². The third kappa shape index (κ3) is 5.03. The molecule has 3 aromatic rings. The summed E-state index contributed by atoms with van der Waals surface area (Å²) in [6, 6.07) is 3.25. The van der Waals surface area contributed by atoms with Crippen molar-refractivity contribution in [2.75, 3.05) is 11.9 Å². The average molecular weight is 437 g/mol. The largest absolute Gasteiger partial charge is 0.394 e. The molecule has 2 aromatic heterocycles. The van der Waals surface area contributed by atoms with Crippen LogP contribution in [-0.2, 0) is 16.6 Å². The SMILES string of the molecule is CC(C)C[C@H](CO)Nc1nc([S@](=O)Cc2cccc(F)c2F)nc2[nH]c(=O)cnc12. The van der Waals surface area contributed by atoms with Gasteiger partial charge in [0, 0.05) is 5.56 Å². The van der Waals surface area contributed by atoms with E-state index in [1.54, 1.807) is 0 Å². The fourth-order valence-electron chi connectivity index (χ4n) is 2.93. The zero-order valence-corrected chi connectivity index (χ0v) is 17.2. The Morgan fingerprint density at radius 2 is 2.03 bits per heavy atom. The topological polar surface area (TPSA) is 121 Å². The molecular formula is C19H21F2N5O3S. The summed E-state index contributed by atoms with van der Waals surface area (Å²) < 4.78 is 40.2. The highest BCUT2D eigenvalue weighted by Crippen LogP contribution is 2.21. The third-order valence-electron chi connectivity index (χ3n) is 4.25. The number of rotatable bonds is 8. The second-order valence-corrected chi connectivity index (χ2v) is 8.50. The number of aliphatic hydroxyl groups is 1. The van der Waals surface area contributed by atoms with Crippen LogP contribution in [-0.4, -0.2) is 41.9 Å². The van der Waals surface area contributed by atoms with E-state index in [0.29, 0.717) is 6.42 Å². The van der Waals surface area contributed by atoms with Gasteiger partial charge in [-0.1, -0.05) is 26.0 Å². The summed E-state index contributed by atoms with van der Waals surface area (Å²) in [4.78, 5) is 26.5. The lowest BCUT2D eigenvalue weighted by molar-refractivity contribution is 0.259. The molecule has 0 aliphatic heterocycles. The van der Waals surface area contributed by atoms with Crippen LogP contribution in [0.1, 0.15) is 25.8 Å². The summed E-state index contributed by atoms with van der Waals surface area (Å²) in [6.45, 7) is 3.80. The van der Waals surface area contributed by atoms with Crippen molar-refractivity contribution in [1.29, 1.82) is 0 Å². The summed E-state index contributed by atoms with van der Waals surface area (Å²) in [6.07, 6.45) is 1.68. The summed E-state index contributed by atoms with van der Waals surface area (Å²) >= 11 is 0. The van der Waals surface area contributed by atoms with Gasteiger partial charge in [0.25, 0.3) is 5.56 Å². The Kier molecular flexibility index (Phi) is 6.83. The maximum Gasteiger partial charge on any atom is 0.268 e. The number of benzene rings is 1. The standard InChI is InChI=1S/C19H21F2N5O3S/c1-10(2)6-12(8-27)23-17-16-18(24-14(28)7-22-16)26-19(25-17)30(29)9-11-4-3-5-13(20)15(11)21/h3-5,7,10,12,27H,6,8-9H2,1-2H3,(H2,23,24,25,26,28)/t12-,30-/m1/s1. The number of aliphatic hydroxyl groups excluding tert-OH is 1. The molecule has 2 heterocycles. The Morgan fingerprint density at radius 3 is 2.73 bits per heavy atom. The van der Waals surface area contributed by atoms with Crippen LogP contribution >= 0.6 is 0 Å². The molecular weight excluding hydrogens is 416 g/mol. The second-order valence-electron chi connectivity index (χ2n) is 7.16. The molecule has 0 unspecified atom stereocenters. The van der Waals surface area contributed by atoms with E-state index in [1.165, 1.54) is 12.1 Å². The van der Waals surface area contributed by atoms with Gasteiger partial charge >= 0.3 is 0 Å². The van der Waals surface area contributed by atoms with Crippen molar-refractivity contribution < 1.29 is 18.1 Å². The van der Waals surface area contributed by atoms with Crippen LogP contribution in [0, 0.1) is 17.6 Å². The summed E-state index contributed by atoms with van der Waals surface area (Å²) in [5, 5.41) is 12.5. The number of fused-ring (bicyclic) bond motifs is 1. The highest BCUT2D eigenvalue weighted by atomic mass is 32.2. The highest BCUT2D eigenvalue weighted by Gasteiger charge is 2.19. The molecule has 8 nitrogen and oxygen atoms in total. The number of aromatic nitrogens is 4. The number of nitrogens with zero attached hydrogens (tertiary/aromatic N) is 3. The molecule has 11 heteroatoms. The van der Waals surface area contributed by atoms with E-state index in [4.69, 9.17) is 0 Å². The van der Waals surface area contributed by atoms with E-state index in [2.05, 4.69) is 25.3 Å². The molecule has 0 saturated carbocycles. The van der Waals surface area contributed by atoms with E-state index in [0.717, 1.165) is 12.3 Å². The summed E-state index contributed by atoms with van der Waals surface area (Å²) in [5.74, 6) is -2.02. The van der Waals surface area contributed by atoms with Crippen LogP contribution < -0.4 is 10.9 Å². The number of aromatic amines is 1. The first-order chi connectivity index (χ1) is 14.3. The first-order valence-corrected chi connectivity index (χ1v) is 10.6. The predicted octanol–water partition coefficient (Wildman–Crippen LogP) is 2.12. The molecule has 3 N–H and O–H groups in total. The van der Waals surface area contributed by atoms with Crippen LogP contribution in [0.5, 0.6) is 0 Å². The van der Waals surface area contributed by atoms with Gasteiger partial charge in [0.1, 0.15) is 5.52 Å². The molecule has 0 bridgehead atoms. The van der Waals surface area contributed by atoms with Crippen LogP contribution in [0.3, 0.4) is 0 Å². The van der Waals surface area contributed by atoms with Crippen molar-refractivity contribution in [3.63, 3.8) is 0 Å². The molecule has 1 aromatic carbocycles. The molecule has 0 spiro atoms. The maximum absolute atomic E-state index is 14.0. The monoisotopic (exact) mass is 437 g/mol. The van der Waals surface area contributed by atoms with Crippen LogP contribution in [0.2, 0.25) is 0 Å². The number of hydrogen-bond donors (Lipinski definition) is 3. The van der Waals surface area contributed by atoms with E-state index < -0.39 is 28.0 Å². The van der Waals surface area contributed by atoms with Crippen molar-refractivity contribution >= 4 is 27.8 Å². The lowest BCUT2D eigenvalue weighted by Gasteiger charge is -2.19. The van der Waals surface area contributed by atoms with Crippen molar-refractivity contribution in [3.05, 3.63) is 51.9 Å². The predicted molar refractivity (Wildman–Crippen MR) is 108 cm³/mol. The molecule has 0 aliphatic rings. The van der Waals surface area contributed by atoms with Gasteiger partial charge in [-0.25, -0.2) is 23.7 Å². The zero-order valence-electron chi connectivity index (χ0n) is 16.4. The first kappa shape index (κ1) is 21.9. The number of anilines is 1. The van der Waals surface area contributed by atoms with Crippen molar-refractivity contribution in [3.8, 4) is 0 Å². The summed E-state index contributed by atoms with van der Waals surface area (Å²) in [5.41, 5.74) is -0.320. The smallest absolute Gasteiger partial charge is 0.268 e. The minimum Gasteiger partial charge on any atom is -0.394 e. The molecule has 3 rings (SSSR count). The van der Waals surface area contributed by atoms with Gasteiger partial charge in [0.15, 0.2) is 23.1 Å². The zero-order chi connectivity index (χ0) is 21.8. The summed E-state index contributed by atoms with van der Waals surface area (Å²) in [7, 11) is -1.93. The normalized spacial score (nSPS) is 13.5. The van der Waals surface area contributed by atoms with E-state index in [-0.39, 0.29) is 52.0 Å². The van der Waals surface area contributed by atoms with Gasteiger partial charge in [-0.3, -0.25) is 9.00 Å². The van der Waals surface area contributed by atoms with Crippen LogP contribution in [0.4, 0.5) is 14.6 Å². The van der Waals surface area contributed by atoms with Gasteiger partial charge in [-0.05, 0) is 18.4 Å². The first-order valence-electron chi connectivity index (χ1n) is 9.24. The van der Waals surface area contributed by atoms with Gasteiger partial charge in [0.05, 0.1) is 35.4 Å². The molecule has 2 atom stereocenters. The molecule has 0 aliphatic carbocycles. The highest BCUT2D eigenvalue weighted by molar-refractivity contribution is 7.84. The Balaban J connectivity index is 2.01. The number of nitrogens with one attached hydrogen (secondary N) is 2. The molecule has 0 radical (unpaired) electrons. The molecule has 0 saturated heterocycles. The van der Waals surface area contributed by atoms with E-state index in [9.17, 15) is 22.9 Å². The quantitative estimate of drug-likeness (QED) is 0.462. The Labute approximate surface area is 173 Å². The lowest BCUT2D eigenvalue weighted by atomic mass is 10.0. The Morgan fingerprint density at radius 1 is 1.27 bits per heavy atom. The Hall–Kier alpha value is -2.79. The minimum absolute atomic E-state index is 0.0456. The fourth-order valence-corrected chi connectivity index (χ4v) is 3.95. The third-order valence-corrected chi connectivity index (χ3v) is 5.42. The average Bonchev–Trinajstić information content (AvgIpc) is 2.70. The number of H-pyrrole nitrogens is 1. The van der Waals surface area contributed by atoms with E-state index in [1.807, 2.05) is 13.8 Å². The maximum atomic E-state index is 14.0. The van der Waals surface area contributed by atoms with Gasteiger partial charge in [-0.2, -0.15) is 0 Å². The van der Waals surface area contributed by atoms with Gasteiger partial charge < -0.3 is 15.4 Å². The molecule has 0 fully saturated rings. The second kappa shape index (κ2) is 9.35.